The van der Waals surface area contributed by atoms with Crippen LogP contribution in [0.5, 0.6) is 0 Å². The molecule has 0 radical (unpaired) electrons. The lowest BCUT2D eigenvalue weighted by Crippen LogP contribution is -2.27. The van der Waals surface area contributed by atoms with E-state index in [0.29, 0.717) is 5.92 Å². The highest BCUT2D eigenvalue weighted by Crippen LogP contribution is 2.45. The summed E-state index contributed by atoms with van der Waals surface area (Å²) in [5, 5.41) is 3.92. The summed E-state index contributed by atoms with van der Waals surface area (Å²) >= 11 is 1.69. The lowest BCUT2D eigenvalue weighted by atomic mass is 9.72. The Hall–Kier alpha value is -3.44. The lowest BCUT2D eigenvalue weighted by Gasteiger charge is -2.33. The van der Waals surface area contributed by atoms with Gasteiger partial charge in [-0.2, -0.15) is 0 Å². The number of benzene rings is 2. The van der Waals surface area contributed by atoms with Crippen LogP contribution in [0.2, 0.25) is 0 Å². The fourth-order valence-corrected chi connectivity index (χ4v) is 6.76. The molecule has 0 saturated carbocycles. The van der Waals surface area contributed by atoms with E-state index in [1.54, 1.807) is 11.3 Å². The van der Waals surface area contributed by atoms with Crippen molar-refractivity contribution in [2.75, 3.05) is 5.32 Å². The molecule has 0 spiro atoms. The first-order valence-electron chi connectivity index (χ1n) is 13.4. The molecule has 2 aromatic heterocycles. The number of anilines is 1. The molecule has 5 rings (SSSR count). The first-order valence-corrected chi connectivity index (χ1v) is 14.2. The summed E-state index contributed by atoms with van der Waals surface area (Å²) in [5.74, 6) is 0.532. The van der Waals surface area contributed by atoms with Crippen LogP contribution in [0.3, 0.4) is 0 Å². The molecule has 0 saturated heterocycles. The van der Waals surface area contributed by atoms with Crippen molar-refractivity contribution < 1.29 is 4.79 Å². The second-order valence-corrected chi connectivity index (χ2v) is 12.6. The molecule has 4 nitrogen and oxygen atoms in total. The molecule has 1 aliphatic rings. The Morgan fingerprint density at radius 1 is 1.05 bits per heavy atom. The van der Waals surface area contributed by atoms with Gasteiger partial charge in [-0.1, -0.05) is 56.7 Å². The molecular weight excluding hydrogens is 486 g/mol. The summed E-state index contributed by atoms with van der Waals surface area (Å²) in [6, 6.07) is 20.4. The van der Waals surface area contributed by atoms with Crippen LogP contribution >= 0.6 is 11.3 Å². The average molecular weight is 524 g/mol. The maximum absolute atomic E-state index is 13.6. The number of para-hydroxylation sites is 1. The molecule has 0 aliphatic heterocycles. The number of aliphatic imine (C=N–C) groups is 1. The van der Waals surface area contributed by atoms with E-state index in [1.807, 2.05) is 36.5 Å². The number of thiophene rings is 1. The molecular formula is C33H37N3OS. The van der Waals surface area contributed by atoms with Gasteiger partial charge in [0.2, 0.25) is 0 Å². The highest BCUT2D eigenvalue weighted by Gasteiger charge is 2.33. The van der Waals surface area contributed by atoms with Crippen molar-refractivity contribution in [3.05, 3.63) is 99.2 Å². The summed E-state index contributed by atoms with van der Waals surface area (Å²) in [7, 11) is 0. The number of carbonyl (C=O) groups excluding carboxylic acids is 1. The highest BCUT2D eigenvalue weighted by molar-refractivity contribution is 7.16. The van der Waals surface area contributed by atoms with Gasteiger partial charge < -0.3 is 9.88 Å². The zero-order valence-corrected chi connectivity index (χ0v) is 24.1. The third-order valence-corrected chi connectivity index (χ3v) is 8.98. The molecule has 5 heteroatoms. The number of fused-ring (bicyclic) bond motifs is 1. The number of nitrogens with zero attached hydrogens (tertiary/aromatic N) is 2. The average Bonchev–Trinajstić information content (AvgIpc) is 3.39. The number of amides is 1. The van der Waals surface area contributed by atoms with Crippen molar-refractivity contribution in [2.45, 2.75) is 60.8 Å². The van der Waals surface area contributed by atoms with Gasteiger partial charge >= 0.3 is 0 Å². The molecule has 1 amide bonds. The lowest BCUT2D eigenvalue weighted by molar-refractivity contribution is 0.102. The molecule has 4 aromatic rings. The van der Waals surface area contributed by atoms with E-state index >= 15 is 0 Å². The van der Waals surface area contributed by atoms with Crippen LogP contribution in [0.4, 0.5) is 10.7 Å². The van der Waals surface area contributed by atoms with Gasteiger partial charge in [0, 0.05) is 39.4 Å². The molecule has 0 fully saturated rings. The van der Waals surface area contributed by atoms with E-state index < -0.39 is 0 Å². The quantitative estimate of drug-likeness (QED) is 0.262. The number of hydrogen-bond donors (Lipinski definition) is 1. The second kappa shape index (κ2) is 10.4. The Balaban J connectivity index is 1.52. The standard InChI is InChI=1S/C33H37N3OS/c1-21-12-15-27(16-13-21)36-22(2)18-24(23(36)3)20-34-32-30(31(37)35-26-10-8-7-9-11-26)28-17-14-25(33(4,5)6)19-29(28)38-32/h7-13,15-16,18,20,25H,14,17,19H2,1-6H3,(H,35,37)/t25-/m1/s1. The van der Waals surface area contributed by atoms with Crippen LogP contribution in [0.1, 0.15) is 70.5 Å². The third kappa shape index (κ3) is 5.25. The van der Waals surface area contributed by atoms with Crippen LogP contribution in [0.15, 0.2) is 65.7 Å². The third-order valence-electron chi connectivity index (χ3n) is 7.81. The van der Waals surface area contributed by atoms with Gasteiger partial charge in [0.1, 0.15) is 5.00 Å². The fourth-order valence-electron chi connectivity index (χ4n) is 5.49. The minimum atomic E-state index is -0.0693. The minimum absolute atomic E-state index is 0.0693. The van der Waals surface area contributed by atoms with Gasteiger partial charge in [0.25, 0.3) is 5.91 Å². The van der Waals surface area contributed by atoms with Crippen molar-refractivity contribution in [1.29, 1.82) is 0 Å². The van der Waals surface area contributed by atoms with Gasteiger partial charge in [-0.25, -0.2) is 4.99 Å². The van der Waals surface area contributed by atoms with E-state index in [1.165, 1.54) is 16.0 Å². The summed E-state index contributed by atoms with van der Waals surface area (Å²) in [5.41, 5.74) is 8.72. The summed E-state index contributed by atoms with van der Waals surface area (Å²) in [6.45, 7) is 13.3. The molecule has 1 aliphatic carbocycles. The Kier molecular flexibility index (Phi) is 7.15. The molecule has 0 bridgehead atoms. The summed E-state index contributed by atoms with van der Waals surface area (Å²) in [6.07, 6.45) is 4.96. The highest BCUT2D eigenvalue weighted by atomic mass is 32.1. The van der Waals surface area contributed by atoms with Crippen LogP contribution in [-0.2, 0) is 12.8 Å². The molecule has 2 aromatic carbocycles. The Labute approximate surface area is 230 Å². The van der Waals surface area contributed by atoms with E-state index in [0.717, 1.165) is 58.2 Å². The fraction of sp³-hybridized carbons (Fsp3) is 0.333. The number of aromatic nitrogens is 1. The molecule has 1 atom stereocenters. The van der Waals surface area contributed by atoms with Crippen molar-refractivity contribution in [1.82, 2.24) is 4.57 Å². The smallest absolute Gasteiger partial charge is 0.259 e. The zero-order chi connectivity index (χ0) is 27.0. The monoisotopic (exact) mass is 523 g/mol. The second-order valence-electron chi connectivity index (χ2n) is 11.6. The van der Waals surface area contributed by atoms with Gasteiger partial charge in [-0.15, -0.1) is 11.3 Å². The number of hydrogen-bond acceptors (Lipinski definition) is 3. The van der Waals surface area contributed by atoms with Crippen LogP contribution in [0, 0.1) is 32.1 Å². The molecule has 2 heterocycles. The maximum Gasteiger partial charge on any atom is 0.259 e. The minimum Gasteiger partial charge on any atom is -0.322 e. The molecule has 196 valence electrons. The van der Waals surface area contributed by atoms with Gasteiger partial charge in [0.15, 0.2) is 0 Å². The number of aryl methyl sites for hydroxylation is 2. The van der Waals surface area contributed by atoms with Crippen molar-refractivity contribution >= 4 is 34.1 Å². The zero-order valence-electron chi connectivity index (χ0n) is 23.3. The van der Waals surface area contributed by atoms with Crippen LogP contribution < -0.4 is 5.32 Å². The van der Waals surface area contributed by atoms with Crippen molar-refractivity contribution in [2.24, 2.45) is 16.3 Å². The summed E-state index contributed by atoms with van der Waals surface area (Å²) in [4.78, 5) is 19.9. The van der Waals surface area contributed by atoms with Crippen molar-refractivity contribution in [3.63, 3.8) is 0 Å². The van der Waals surface area contributed by atoms with E-state index in [4.69, 9.17) is 4.99 Å². The predicted octanol–water partition coefficient (Wildman–Crippen LogP) is 8.62. The topological polar surface area (TPSA) is 46.4 Å². The van der Waals surface area contributed by atoms with E-state index in [2.05, 4.69) is 81.8 Å². The largest absolute Gasteiger partial charge is 0.322 e. The first kappa shape index (κ1) is 26.2. The molecule has 0 unspecified atom stereocenters. The summed E-state index contributed by atoms with van der Waals surface area (Å²) < 4.78 is 2.26. The Morgan fingerprint density at radius 3 is 2.45 bits per heavy atom. The Morgan fingerprint density at radius 2 is 1.76 bits per heavy atom. The maximum atomic E-state index is 13.6. The number of nitrogens with one attached hydrogen (secondary N) is 1. The first-order chi connectivity index (χ1) is 18.1. The van der Waals surface area contributed by atoms with Gasteiger partial charge in [0.05, 0.1) is 5.56 Å². The van der Waals surface area contributed by atoms with Crippen LogP contribution in [-0.4, -0.2) is 16.7 Å². The number of rotatable bonds is 5. The Bertz CT molecular complexity index is 1480. The van der Waals surface area contributed by atoms with Gasteiger partial charge in [-0.3, -0.25) is 4.79 Å². The molecule has 1 N–H and O–H groups in total. The van der Waals surface area contributed by atoms with Gasteiger partial charge in [-0.05, 0) is 87.3 Å². The SMILES string of the molecule is Cc1ccc(-n2c(C)cc(C=Nc3sc4c(c3C(=O)Nc3ccccc3)CC[C@@H](C(C)(C)C)C4)c2C)cc1. The predicted molar refractivity (Wildman–Crippen MR) is 161 cm³/mol. The number of carbonyl (C=O) groups is 1. The van der Waals surface area contributed by atoms with E-state index in [9.17, 15) is 4.79 Å². The normalized spacial score (nSPS) is 15.6. The van der Waals surface area contributed by atoms with Crippen molar-refractivity contribution in [3.8, 4) is 5.69 Å². The van der Waals surface area contributed by atoms with Crippen LogP contribution in [0.25, 0.3) is 5.69 Å². The van der Waals surface area contributed by atoms with E-state index in [-0.39, 0.29) is 11.3 Å². The molecule has 38 heavy (non-hydrogen) atoms.